The Morgan fingerprint density at radius 2 is 2.19 bits per heavy atom. The number of nitrogens with zero attached hydrogens (tertiary/aromatic N) is 2. The molecule has 0 aliphatic carbocycles. The minimum atomic E-state index is -3.83. The Hall–Kier alpha value is -1.23. The molecule has 2 aromatic heterocycles. The van der Waals surface area contributed by atoms with E-state index in [1.165, 1.54) is 23.6 Å². The molecule has 7 nitrogen and oxygen atoms in total. The smallest absolute Gasteiger partial charge is 0.267 e. The average molecular weight is 392 g/mol. The normalized spacial score (nSPS) is 11.4. The van der Waals surface area contributed by atoms with E-state index in [0.717, 1.165) is 17.0 Å². The number of sulfonamides is 1. The van der Waals surface area contributed by atoms with Crippen molar-refractivity contribution in [1.29, 1.82) is 0 Å². The Morgan fingerprint density at radius 3 is 2.76 bits per heavy atom. The van der Waals surface area contributed by atoms with E-state index in [-0.39, 0.29) is 10.7 Å². The largest absolute Gasteiger partial charge is 0.307 e. The Labute approximate surface area is 135 Å². The van der Waals surface area contributed by atoms with Crippen molar-refractivity contribution in [2.75, 3.05) is 10.1 Å². The summed E-state index contributed by atoms with van der Waals surface area (Å²) in [6.45, 7) is 3.87. The summed E-state index contributed by atoms with van der Waals surface area (Å²) in [5, 5.41) is 0.326. The molecule has 0 bridgehead atoms. The van der Waals surface area contributed by atoms with Crippen molar-refractivity contribution in [2.45, 2.75) is 25.2 Å². The third-order valence-corrected chi connectivity index (χ3v) is 5.54. The van der Waals surface area contributed by atoms with Crippen LogP contribution in [0.1, 0.15) is 17.5 Å². The van der Waals surface area contributed by atoms with Gasteiger partial charge < -0.3 is 5.43 Å². The maximum Gasteiger partial charge on any atom is 0.267 e. The van der Waals surface area contributed by atoms with Crippen LogP contribution in [0.15, 0.2) is 21.6 Å². The first kappa shape index (κ1) is 16.1. The molecule has 0 aliphatic rings. The number of nitrogens with two attached hydrogens (primary N) is 1. The van der Waals surface area contributed by atoms with Gasteiger partial charge in [-0.1, -0.05) is 6.92 Å². The summed E-state index contributed by atoms with van der Waals surface area (Å²) < 4.78 is 27.9. The average Bonchev–Trinajstić information content (AvgIpc) is 2.77. The van der Waals surface area contributed by atoms with Crippen LogP contribution in [0.3, 0.4) is 0 Å². The van der Waals surface area contributed by atoms with E-state index in [4.69, 9.17) is 5.84 Å². The van der Waals surface area contributed by atoms with Gasteiger partial charge in [-0.05, 0) is 35.3 Å². The number of thiazole rings is 1. The Bertz CT molecular complexity index is 760. The van der Waals surface area contributed by atoms with Gasteiger partial charge in [-0.15, -0.1) is 11.3 Å². The van der Waals surface area contributed by atoms with Gasteiger partial charge in [-0.25, -0.2) is 24.2 Å². The highest BCUT2D eigenvalue weighted by molar-refractivity contribution is 9.10. The third kappa shape index (κ3) is 3.51. The number of rotatable bonds is 5. The molecule has 0 aliphatic heterocycles. The summed E-state index contributed by atoms with van der Waals surface area (Å²) in [5.41, 5.74) is 3.15. The zero-order chi connectivity index (χ0) is 15.6. The van der Waals surface area contributed by atoms with Crippen molar-refractivity contribution in [3.63, 3.8) is 0 Å². The maximum absolute atomic E-state index is 12.4. The van der Waals surface area contributed by atoms with Crippen molar-refractivity contribution in [3.8, 4) is 0 Å². The minimum Gasteiger partial charge on any atom is -0.307 e. The topological polar surface area (TPSA) is 110 Å². The fourth-order valence-corrected chi connectivity index (χ4v) is 4.47. The van der Waals surface area contributed by atoms with Crippen LogP contribution in [-0.4, -0.2) is 18.4 Å². The minimum absolute atomic E-state index is 0.0507. The highest BCUT2D eigenvalue weighted by Gasteiger charge is 2.22. The molecule has 2 aromatic rings. The van der Waals surface area contributed by atoms with Gasteiger partial charge in [-0.3, -0.25) is 4.72 Å². The van der Waals surface area contributed by atoms with Gasteiger partial charge in [0.05, 0.1) is 5.69 Å². The molecule has 0 aromatic carbocycles. The van der Waals surface area contributed by atoms with Crippen molar-refractivity contribution in [2.24, 2.45) is 5.84 Å². The fourth-order valence-electron chi connectivity index (χ4n) is 1.70. The van der Waals surface area contributed by atoms with Crippen LogP contribution >= 0.6 is 27.3 Å². The molecule has 114 valence electrons. The highest BCUT2D eigenvalue weighted by atomic mass is 79.9. The number of anilines is 2. The van der Waals surface area contributed by atoms with E-state index in [2.05, 4.69) is 36.0 Å². The lowest BCUT2D eigenvalue weighted by Crippen LogP contribution is -2.18. The lowest BCUT2D eigenvalue weighted by atomic mass is 10.3. The van der Waals surface area contributed by atoms with Crippen LogP contribution in [0.4, 0.5) is 10.9 Å². The summed E-state index contributed by atoms with van der Waals surface area (Å²) in [6, 6.07) is 1.42. The van der Waals surface area contributed by atoms with E-state index in [9.17, 15) is 8.42 Å². The number of aryl methyl sites for hydroxylation is 2. The molecule has 0 saturated heterocycles. The molecule has 0 saturated carbocycles. The summed E-state index contributed by atoms with van der Waals surface area (Å²) in [4.78, 5) is 9.12. The quantitative estimate of drug-likeness (QED) is 0.532. The van der Waals surface area contributed by atoms with E-state index in [1.807, 2.05) is 13.8 Å². The molecule has 4 N–H and O–H groups in total. The molecule has 0 radical (unpaired) electrons. The van der Waals surface area contributed by atoms with Crippen molar-refractivity contribution < 1.29 is 8.42 Å². The zero-order valence-electron chi connectivity index (χ0n) is 11.3. The lowest BCUT2D eigenvalue weighted by molar-refractivity contribution is 0.601. The number of nitrogens with one attached hydrogen (secondary N) is 2. The molecule has 0 spiro atoms. The molecule has 0 amide bonds. The van der Waals surface area contributed by atoms with E-state index in [0.29, 0.717) is 9.60 Å². The van der Waals surface area contributed by atoms with Crippen molar-refractivity contribution in [3.05, 3.63) is 27.3 Å². The maximum atomic E-state index is 12.4. The Kier molecular flexibility index (Phi) is 4.81. The summed E-state index contributed by atoms with van der Waals surface area (Å²) in [7, 11) is -3.83. The van der Waals surface area contributed by atoms with Gasteiger partial charge in [0.15, 0.2) is 10.9 Å². The van der Waals surface area contributed by atoms with Crippen LogP contribution in [-0.2, 0) is 16.4 Å². The van der Waals surface area contributed by atoms with Gasteiger partial charge in [0.25, 0.3) is 10.0 Å². The number of nitrogen functional groups attached to an aromatic ring is 1. The van der Waals surface area contributed by atoms with Crippen LogP contribution in [0.25, 0.3) is 0 Å². The third-order valence-electron chi connectivity index (χ3n) is 2.69. The van der Waals surface area contributed by atoms with Crippen LogP contribution in [0.5, 0.6) is 0 Å². The second kappa shape index (κ2) is 6.26. The van der Waals surface area contributed by atoms with Crippen molar-refractivity contribution >= 4 is 48.2 Å². The van der Waals surface area contributed by atoms with Crippen LogP contribution in [0.2, 0.25) is 0 Å². The lowest BCUT2D eigenvalue weighted by Gasteiger charge is -2.09. The molecule has 21 heavy (non-hydrogen) atoms. The number of aromatic nitrogens is 2. The predicted octanol–water partition coefficient (Wildman–Crippen LogP) is 2.26. The van der Waals surface area contributed by atoms with E-state index < -0.39 is 10.0 Å². The van der Waals surface area contributed by atoms with Gasteiger partial charge in [0.2, 0.25) is 0 Å². The van der Waals surface area contributed by atoms with Gasteiger partial charge in [-0.2, -0.15) is 0 Å². The van der Waals surface area contributed by atoms with Crippen LogP contribution in [0, 0.1) is 6.92 Å². The standard InChI is InChI=1S/C11H14BrN5O2S2/c1-3-8-6(2)20-11(15-8)17-21(18,19)9-4-7(12)5-14-10(9)16-13/h4-5H,3,13H2,1-2H3,(H,14,16)(H,15,17). The molecule has 10 heteroatoms. The Balaban J connectivity index is 2.40. The van der Waals surface area contributed by atoms with E-state index >= 15 is 0 Å². The zero-order valence-corrected chi connectivity index (χ0v) is 14.6. The van der Waals surface area contributed by atoms with Gasteiger partial charge in [0, 0.05) is 15.5 Å². The number of pyridine rings is 1. The summed E-state index contributed by atoms with van der Waals surface area (Å²) >= 11 is 4.49. The van der Waals surface area contributed by atoms with Gasteiger partial charge in [0.1, 0.15) is 4.90 Å². The first-order valence-electron chi connectivity index (χ1n) is 5.98. The van der Waals surface area contributed by atoms with Crippen LogP contribution < -0.4 is 16.0 Å². The number of halogens is 1. The van der Waals surface area contributed by atoms with Crippen molar-refractivity contribution in [1.82, 2.24) is 9.97 Å². The summed E-state index contributed by atoms with van der Waals surface area (Å²) in [6.07, 6.45) is 2.20. The molecule has 2 heterocycles. The SMILES string of the molecule is CCc1nc(NS(=O)(=O)c2cc(Br)cnc2NN)sc1C. The predicted molar refractivity (Wildman–Crippen MR) is 86.8 cm³/mol. The molecule has 0 fully saturated rings. The number of hydrogen-bond acceptors (Lipinski definition) is 7. The van der Waals surface area contributed by atoms with Gasteiger partial charge >= 0.3 is 0 Å². The monoisotopic (exact) mass is 391 g/mol. The number of hydrogen-bond donors (Lipinski definition) is 3. The molecular formula is C11H14BrN5O2S2. The first-order chi connectivity index (χ1) is 9.87. The molecular weight excluding hydrogens is 378 g/mol. The highest BCUT2D eigenvalue weighted by Crippen LogP contribution is 2.28. The fraction of sp³-hybridized carbons (Fsp3) is 0.273. The number of hydrazine groups is 1. The molecule has 2 rings (SSSR count). The molecule has 0 unspecified atom stereocenters. The molecule has 0 atom stereocenters. The second-order valence-corrected chi connectivity index (χ2v) is 7.90. The summed E-state index contributed by atoms with van der Waals surface area (Å²) in [5.74, 6) is 5.37. The first-order valence-corrected chi connectivity index (χ1v) is 9.08. The second-order valence-electron chi connectivity index (χ2n) is 4.13. The van der Waals surface area contributed by atoms with E-state index in [1.54, 1.807) is 0 Å². The Morgan fingerprint density at radius 1 is 1.48 bits per heavy atom.